The minimum atomic E-state index is -4.72. The van der Waals surface area contributed by atoms with E-state index in [9.17, 15) is 18.0 Å². The molecular weight excluding hydrogens is 438 g/mol. The van der Waals surface area contributed by atoms with Gasteiger partial charge in [0, 0.05) is 18.8 Å². The molecular formula is C23H15F4N5O. The van der Waals surface area contributed by atoms with Gasteiger partial charge in [-0.15, -0.1) is 0 Å². The summed E-state index contributed by atoms with van der Waals surface area (Å²) in [5.41, 5.74) is 3.08. The Morgan fingerprint density at radius 3 is 2.45 bits per heavy atom. The molecule has 1 unspecified atom stereocenters. The number of carbonyl (C=O) groups is 1. The fourth-order valence-electron chi connectivity index (χ4n) is 3.68. The van der Waals surface area contributed by atoms with Crippen LogP contribution < -0.4 is 5.73 Å². The van der Waals surface area contributed by atoms with Gasteiger partial charge >= 0.3 is 6.18 Å². The summed E-state index contributed by atoms with van der Waals surface area (Å²) in [6.45, 7) is 0. The van der Waals surface area contributed by atoms with Crippen LogP contribution >= 0.6 is 0 Å². The van der Waals surface area contributed by atoms with Crippen LogP contribution in [0.4, 0.5) is 17.6 Å². The van der Waals surface area contributed by atoms with Gasteiger partial charge in [-0.2, -0.15) is 18.4 Å². The number of hydrogen-bond donors (Lipinski definition) is 1. The van der Waals surface area contributed by atoms with E-state index in [2.05, 4.69) is 9.98 Å². The highest BCUT2D eigenvalue weighted by atomic mass is 19.4. The van der Waals surface area contributed by atoms with E-state index in [-0.39, 0.29) is 11.5 Å². The number of aliphatic imine (C=N–C) groups is 1. The van der Waals surface area contributed by atoms with Crippen LogP contribution in [0.1, 0.15) is 22.4 Å². The quantitative estimate of drug-likeness (QED) is 0.610. The molecule has 6 nitrogen and oxygen atoms in total. The van der Waals surface area contributed by atoms with Crippen LogP contribution in [-0.2, 0) is 16.5 Å². The number of alkyl halides is 3. The van der Waals surface area contributed by atoms with Crippen molar-refractivity contribution in [2.24, 2.45) is 10.7 Å². The molecule has 0 spiro atoms. The fraction of sp³-hybridized carbons (Fsp3) is 0.130. The van der Waals surface area contributed by atoms with Crippen molar-refractivity contribution in [2.75, 3.05) is 7.05 Å². The molecule has 2 aromatic carbocycles. The van der Waals surface area contributed by atoms with E-state index in [0.717, 1.165) is 23.2 Å². The second-order valence-corrected chi connectivity index (χ2v) is 7.36. The Morgan fingerprint density at radius 1 is 1.09 bits per heavy atom. The lowest BCUT2D eigenvalue weighted by Crippen LogP contribution is -2.42. The Balaban J connectivity index is 2.00. The summed E-state index contributed by atoms with van der Waals surface area (Å²) in [6.07, 6.45) is -3.84. The number of hydrogen-bond acceptors (Lipinski definition) is 5. The first-order chi connectivity index (χ1) is 15.6. The first-order valence-electron chi connectivity index (χ1n) is 9.55. The van der Waals surface area contributed by atoms with E-state index in [0.29, 0.717) is 22.8 Å². The number of aromatic nitrogens is 1. The lowest BCUT2D eigenvalue weighted by molar-refractivity contribution is -0.138. The van der Waals surface area contributed by atoms with Gasteiger partial charge in [-0.1, -0.05) is 18.2 Å². The van der Waals surface area contributed by atoms with Gasteiger partial charge in [0.05, 0.1) is 22.9 Å². The SMILES string of the molecule is CN1C(=O)C(c2cc(C(F)(F)F)ccn2)(c2cc(-c3cccc(C#N)c3)ccc2F)N=C1N. The zero-order valence-corrected chi connectivity index (χ0v) is 17.1. The minimum Gasteiger partial charge on any atom is -0.369 e. The van der Waals surface area contributed by atoms with Crippen LogP contribution in [-0.4, -0.2) is 28.8 Å². The molecule has 3 aromatic rings. The molecule has 0 aliphatic carbocycles. The van der Waals surface area contributed by atoms with Crippen LogP contribution in [0, 0.1) is 17.1 Å². The Morgan fingerprint density at radius 2 is 1.82 bits per heavy atom. The van der Waals surface area contributed by atoms with E-state index < -0.39 is 34.7 Å². The highest BCUT2D eigenvalue weighted by Crippen LogP contribution is 2.42. The van der Waals surface area contributed by atoms with Gasteiger partial charge in [-0.3, -0.25) is 14.7 Å². The number of benzene rings is 2. The molecule has 1 amide bonds. The summed E-state index contributed by atoms with van der Waals surface area (Å²) in [7, 11) is 1.29. The van der Waals surface area contributed by atoms with Crippen LogP contribution in [0.25, 0.3) is 11.1 Å². The molecule has 0 radical (unpaired) electrons. The fourth-order valence-corrected chi connectivity index (χ4v) is 3.68. The maximum absolute atomic E-state index is 15.2. The molecule has 0 fully saturated rings. The van der Waals surface area contributed by atoms with Crippen LogP contribution in [0.5, 0.6) is 0 Å². The summed E-state index contributed by atoms with van der Waals surface area (Å²) in [5.74, 6) is -2.03. The molecule has 1 aromatic heterocycles. The average Bonchev–Trinajstić information content (AvgIpc) is 3.03. The van der Waals surface area contributed by atoms with Gasteiger partial charge < -0.3 is 5.73 Å². The maximum Gasteiger partial charge on any atom is 0.416 e. The summed E-state index contributed by atoms with van der Waals surface area (Å²) in [5, 5.41) is 9.16. The van der Waals surface area contributed by atoms with E-state index in [1.807, 2.05) is 6.07 Å². The van der Waals surface area contributed by atoms with E-state index in [4.69, 9.17) is 11.0 Å². The Kier molecular flexibility index (Phi) is 5.13. The van der Waals surface area contributed by atoms with Crippen LogP contribution in [0.15, 0.2) is 65.8 Å². The maximum atomic E-state index is 15.2. The average molecular weight is 453 g/mol. The number of carbonyl (C=O) groups excluding carboxylic acids is 1. The molecule has 0 bridgehead atoms. The monoisotopic (exact) mass is 453 g/mol. The van der Waals surface area contributed by atoms with Crippen molar-refractivity contribution < 1.29 is 22.4 Å². The topological polar surface area (TPSA) is 95.4 Å². The lowest BCUT2D eigenvalue weighted by Gasteiger charge is -2.26. The molecule has 0 saturated carbocycles. The van der Waals surface area contributed by atoms with Crippen molar-refractivity contribution in [3.05, 3.63) is 89.0 Å². The minimum absolute atomic E-state index is 0.296. The zero-order chi connectivity index (χ0) is 24.0. The highest BCUT2D eigenvalue weighted by Gasteiger charge is 2.52. The third-order valence-electron chi connectivity index (χ3n) is 5.38. The number of rotatable bonds is 3. The van der Waals surface area contributed by atoms with Gasteiger partial charge in [0.1, 0.15) is 5.82 Å². The normalized spacial score (nSPS) is 18.2. The van der Waals surface area contributed by atoms with E-state index >= 15 is 4.39 Å². The number of nitrogens with zero attached hydrogens (tertiary/aromatic N) is 4. The van der Waals surface area contributed by atoms with Gasteiger partial charge in [0.25, 0.3) is 5.91 Å². The molecule has 166 valence electrons. The van der Waals surface area contributed by atoms with Crippen LogP contribution in [0.3, 0.4) is 0 Å². The number of halogens is 4. The molecule has 1 aliphatic rings. The van der Waals surface area contributed by atoms with Crippen LogP contribution in [0.2, 0.25) is 0 Å². The summed E-state index contributed by atoms with van der Waals surface area (Å²) in [4.78, 5) is 22.3. The van der Waals surface area contributed by atoms with E-state index in [1.165, 1.54) is 19.2 Å². The second-order valence-electron chi connectivity index (χ2n) is 7.36. The van der Waals surface area contributed by atoms with E-state index in [1.54, 1.807) is 24.3 Å². The van der Waals surface area contributed by atoms with Gasteiger partial charge in [-0.05, 0) is 47.5 Å². The first kappa shape index (κ1) is 22.0. The Labute approximate surface area is 185 Å². The van der Waals surface area contributed by atoms with Crippen molar-refractivity contribution in [3.8, 4) is 17.2 Å². The third-order valence-corrected chi connectivity index (χ3v) is 5.38. The van der Waals surface area contributed by atoms with Crippen molar-refractivity contribution >= 4 is 11.9 Å². The van der Waals surface area contributed by atoms with Crippen molar-refractivity contribution in [1.29, 1.82) is 5.26 Å². The van der Waals surface area contributed by atoms with Gasteiger partial charge in [0.2, 0.25) is 5.54 Å². The van der Waals surface area contributed by atoms with Gasteiger partial charge in [0.15, 0.2) is 5.96 Å². The standard InChI is InChI=1S/C23H15F4N5O/c1-32-20(33)22(31-21(32)29,19-11-16(7-8-30-19)23(25,26)27)17-10-15(5-6-18(17)24)14-4-2-3-13(9-14)12-28/h2-11H,1H3,(H2,29,31). The number of likely N-dealkylation sites (N-methyl/N-ethyl adjacent to an activating group) is 1. The van der Waals surface area contributed by atoms with Crippen molar-refractivity contribution in [1.82, 2.24) is 9.88 Å². The largest absolute Gasteiger partial charge is 0.416 e. The summed E-state index contributed by atoms with van der Waals surface area (Å²) >= 11 is 0. The number of amides is 1. The first-order valence-corrected chi connectivity index (χ1v) is 9.55. The third kappa shape index (κ3) is 3.57. The lowest BCUT2D eigenvalue weighted by atomic mass is 9.83. The molecule has 2 heterocycles. The van der Waals surface area contributed by atoms with Gasteiger partial charge in [-0.25, -0.2) is 9.38 Å². The Bertz CT molecular complexity index is 1350. The highest BCUT2D eigenvalue weighted by molar-refractivity contribution is 6.08. The zero-order valence-electron chi connectivity index (χ0n) is 17.1. The Hall–Kier alpha value is -4.26. The molecule has 10 heteroatoms. The molecule has 1 aliphatic heterocycles. The predicted octanol–water partition coefficient (Wildman–Crippen LogP) is 3.81. The number of nitriles is 1. The molecule has 33 heavy (non-hydrogen) atoms. The number of nitrogens with two attached hydrogens (primary N) is 1. The van der Waals surface area contributed by atoms with Crippen molar-refractivity contribution in [2.45, 2.75) is 11.7 Å². The smallest absolute Gasteiger partial charge is 0.369 e. The number of pyridine rings is 1. The molecule has 1 atom stereocenters. The summed E-state index contributed by atoms with van der Waals surface area (Å²) in [6, 6.07) is 13.7. The molecule has 2 N–H and O–H groups in total. The molecule has 4 rings (SSSR count). The predicted molar refractivity (Wildman–Crippen MR) is 111 cm³/mol. The second kappa shape index (κ2) is 7.70. The summed E-state index contributed by atoms with van der Waals surface area (Å²) < 4.78 is 55.3. The molecule has 0 saturated heterocycles. The van der Waals surface area contributed by atoms with Crippen molar-refractivity contribution in [3.63, 3.8) is 0 Å². The number of guanidine groups is 1.